The Hall–Kier alpha value is -2.71. The van der Waals surface area contributed by atoms with Gasteiger partial charge >= 0.3 is 6.18 Å². The number of carbonyl (C=O) groups is 1. The Labute approximate surface area is 163 Å². The maximum Gasteiger partial charge on any atom is 0.406 e. The Balaban J connectivity index is 1.73. The molecule has 3 atom stereocenters. The quantitative estimate of drug-likeness (QED) is 0.667. The van der Waals surface area contributed by atoms with Crippen LogP contribution >= 0.6 is 11.6 Å². The van der Waals surface area contributed by atoms with Crippen LogP contribution in [0.4, 0.5) is 18.9 Å². The number of amides is 1. The van der Waals surface area contributed by atoms with Crippen molar-refractivity contribution in [1.82, 2.24) is 15.8 Å². The van der Waals surface area contributed by atoms with Gasteiger partial charge in [0, 0.05) is 22.5 Å². The number of hydrogen-bond acceptors (Lipinski definition) is 4. The van der Waals surface area contributed by atoms with Crippen molar-refractivity contribution in [3.8, 4) is 0 Å². The highest BCUT2D eigenvalue weighted by Crippen LogP contribution is 2.41. The Morgan fingerprint density at radius 2 is 1.68 bits per heavy atom. The number of nitrogens with two attached hydrogens (primary N) is 1. The summed E-state index contributed by atoms with van der Waals surface area (Å²) in [5, 5.41) is 4.50. The maximum absolute atomic E-state index is 13.7. The van der Waals surface area contributed by atoms with Crippen molar-refractivity contribution in [3.05, 3.63) is 70.8 Å². The molecular formula is C19H16ClF3N4O. The lowest BCUT2D eigenvalue weighted by Crippen LogP contribution is -2.53. The van der Waals surface area contributed by atoms with Gasteiger partial charge in [-0.3, -0.25) is 9.80 Å². The van der Waals surface area contributed by atoms with Crippen LogP contribution in [0.15, 0.2) is 54.6 Å². The number of fused-ring (bicyclic) bond motifs is 1. The standard InChI is InChI=1S/C19H16ClF3N4O/c20-12-5-1-11(2-6-12)16-17(19(21,22)23)26-27-15(28)9-14(25-18(16)27)10-3-7-13(24)8-4-10/h1-9,16-18,25-26H,24H2. The average Bonchev–Trinajstić information content (AvgIpc) is 3.03. The lowest BCUT2D eigenvalue weighted by atomic mass is 9.89. The maximum atomic E-state index is 13.7. The third-order valence-electron chi connectivity index (χ3n) is 4.89. The molecule has 0 bridgehead atoms. The number of benzene rings is 2. The topological polar surface area (TPSA) is 70.4 Å². The number of nitrogens with one attached hydrogen (secondary N) is 2. The third-order valence-corrected chi connectivity index (χ3v) is 5.15. The molecule has 4 N–H and O–H groups in total. The molecule has 4 rings (SSSR count). The van der Waals surface area contributed by atoms with Crippen LogP contribution < -0.4 is 16.5 Å². The molecule has 3 unspecified atom stereocenters. The summed E-state index contributed by atoms with van der Waals surface area (Å²) < 4.78 is 41.2. The molecule has 28 heavy (non-hydrogen) atoms. The van der Waals surface area contributed by atoms with Crippen LogP contribution in [-0.4, -0.2) is 29.3 Å². The van der Waals surface area contributed by atoms with Crippen molar-refractivity contribution in [2.45, 2.75) is 24.3 Å². The number of rotatable bonds is 2. The number of nitrogen functional groups attached to an aromatic ring is 1. The summed E-state index contributed by atoms with van der Waals surface area (Å²) in [7, 11) is 0. The molecular weight excluding hydrogens is 393 g/mol. The van der Waals surface area contributed by atoms with Crippen LogP contribution in [0, 0.1) is 0 Å². The summed E-state index contributed by atoms with van der Waals surface area (Å²) in [5.41, 5.74) is 10.1. The fraction of sp³-hybridized carbons (Fsp3) is 0.211. The van der Waals surface area contributed by atoms with Gasteiger partial charge in [0.25, 0.3) is 5.91 Å². The molecule has 0 radical (unpaired) electrons. The monoisotopic (exact) mass is 408 g/mol. The highest BCUT2D eigenvalue weighted by molar-refractivity contribution is 6.30. The first kappa shape index (κ1) is 18.6. The van der Waals surface area contributed by atoms with Crippen molar-refractivity contribution < 1.29 is 18.0 Å². The number of hydrazine groups is 1. The van der Waals surface area contributed by atoms with Crippen LogP contribution in [0.2, 0.25) is 5.02 Å². The highest BCUT2D eigenvalue weighted by atomic mass is 35.5. The SMILES string of the molecule is Nc1ccc(C2=CC(=O)N3NC(C(F)(F)F)C(c4ccc(Cl)cc4)C3N2)cc1. The summed E-state index contributed by atoms with van der Waals surface area (Å²) >= 11 is 5.88. The lowest BCUT2D eigenvalue weighted by Gasteiger charge is -2.33. The molecule has 2 aromatic carbocycles. The lowest BCUT2D eigenvalue weighted by molar-refractivity contribution is -0.161. The van der Waals surface area contributed by atoms with Crippen LogP contribution in [0.25, 0.3) is 5.70 Å². The van der Waals surface area contributed by atoms with E-state index in [2.05, 4.69) is 10.7 Å². The average molecular weight is 409 g/mol. The summed E-state index contributed by atoms with van der Waals surface area (Å²) in [5.74, 6) is -1.61. The van der Waals surface area contributed by atoms with Gasteiger partial charge in [0.05, 0.1) is 5.92 Å². The van der Waals surface area contributed by atoms with Crippen LogP contribution in [0.5, 0.6) is 0 Å². The fourth-order valence-electron chi connectivity index (χ4n) is 3.57. The zero-order valence-corrected chi connectivity index (χ0v) is 15.1. The molecule has 1 saturated heterocycles. The van der Waals surface area contributed by atoms with Crippen molar-refractivity contribution in [2.75, 3.05) is 5.73 Å². The van der Waals surface area contributed by atoms with E-state index < -0.39 is 30.2 Å². The molecule has 9 heteroatoms. The number of anilines is 1. The number of alkyl halides is 3. The second-order valence-corrected chi connectivity index (χ2v) is 7.14. The minimum absolute atomic E-state index is 0.422. The Bertz CT molecular complexity index is 928. The van der Waals surface area contributed by atoms with E-state index in [0.29, 0.717) is 27.5 Å². The summed E-state index contributed by atoms with van der Waals surface area (Å²) in [4.78, 5) is 12.6. The third kappa shape index (κ3) is 3.29. The van der Waals surface area contributed by atoms with Crippen molar-refractivity contribution >= 4 is 28.9 Å². The number of halogens is 4. The van der Waals surface area contributed by atoms with E-state index in [4.69, 9.17) is 17.3 Å². The summed E-state index contributed by atoms with van der Waals surface area (Å²) in [6, 6.07) is 11.0. The molecule has 2 heterocycles. The first-order valence-corrected chi connectivity index (χ1v) is 8.87. The second kappa shape index (κ2) is 6.72. The minimum Gasteiger partial charge on any atom is -0.399 e. The highest BCUT2D eigenvalue weighted by Gasteiger charge is 2.57. The molecule has 2 aliphatic heterocycles. The summed E-state index contributed by atoms with van der Waals surface area (Å²) in [6.07, 6.45) is -4.20. The van der Waals surface area contributed by atoms with Gasteiger partial charge in [0.1, 0.15) is 12.2 Å². The van der Waals surface area contributed by atoms with Gasteiger partial charge in [0.15, 0.2) is 0 Å². The zero-order chi connectivity index (χ0) is 20.1. The second-order valence-electron chi connectivity index (χ2n) is 6.70. The van der Waals surface area contributed by atoms with E-state index in [1.165, 1.54) is 18.2 Å². The van der Waals surface area contributed by atoms with Crippen LogP contribution in [0.1, 0.15) is 17.0 Å². The van der Waals surface area contributed by atoms with Gasteiger partial charge in [-0.15, -0.1) is 0 Å². The fourth-order valence-corrected chi connectivity index (χ4v) is 3.69. The predicted octanol–water partition coefficient (Wildman–Crippen LogP) is 3.25. The number of nitrogens with zero attached hydrogens (tertiary/aromatic N) is 1. The van der Waals surface area contributed by atoms with E-state index in [1.54, 1.807) is 36.4 Å². The predicted molar refractivity (Wildman–Crippen MR) is 99.8 cm³/mol. The molecule has 0 aromatic heterocycles. The molecule has 2 aliphatic rings. The molecule has 0 spiro atoms. The normalized spacial score (nSPS) is 24.6. The van der Waals surface area contributed by atoms with E-state index in [1.807, 2.05) is 0 Å². The van der Waals surface area contributed by atoms with Crippen LogP contribution in [0.3, 0.4) is 0 Å². The van der Waals surface area contributed by atoms with Crippen molar-refractivity contribution in [1.29, 1.82) is 0 Å². The van der Waals surface area contributed by atoms with E-state index in [9.17, 15) is 18.0 Å². The molecule has 1 amide bonds. The smallest absolute Gasteiger partial charge is 0.399 e. The minimum atomic E-state index is -4.55. The Morgan fingerprint density at radius 1 is 1.04 bits per heavy atom. The van der Waals surface area contributed by atoms with Gasteiger partial charge in [0.2, 0.25) is 0 Å². The Morgan fingerprint density at radius 3 is 2.29 bits per heavy atom. The van der Waals surface area contributed by atoms with Crippen LogP contribution in [-0.2, 0) is 4.79 Å². The largest absolute Gasteiger partial charge is 0.406 e. The molecule has 146 valence electrons. The van der Waals surface area contributed by atoms with Crippen molar-refractivity contribution in [2.24, 2.45) is 0 Å². The molecule has 0 saturated carbocycles. The molecule has 1 fully saturated rings. The summed E-state index contributed by atoms with van der Waals surface area (Å²) in [6.45, 7) is 0. The Kier molecular flexibility index (Phi) is 4.47. The van der Waals surface area contributed by atoms with Gasteiger partial charge < -0.3 is 11.1 Å². The van der Waals surface area contributed by atoms with E-state index >= 15 is 0 Å². The molecule has 5 nitrogen and oxygen atoms in total. The van der Waals surface area contributed by atoms with Gasteiger partial charge in [-0.25, -0.2) is 5.43 Å². The number of hydrogen-bond donors (Lipinski definition) is 3. The van der Waals surface area contributed by atoms with Gasteiger partial charge in [-0.1, -0.05) is 35.9 Å². The van der Waals surface area contributed by atoms with E-state index in [-0.39, 0.29) is 0 Å². The van der Waals surface area contributed by atoms with Gasteiger partial charge in [-0.05, 0) is 35.4 Å². The number of carbonyl (C=O) groups excluding carboxylic acids is 1. The van der Waals surface area contributed by atoms with Crippen molar-refractivity contribution in [3.63, 3.8) is 0 Å². The molecule has 0 aliphatic carbocycles. The first-order valence-electron chi connectivity index (χ1n) is 8.50. The molecule has 2 aromatic rings. The zero-order valence-electron chi connectivity index (χ0n) is 14.4. The first-order chi connectivity index (χ1) is 13.2. The van der Waals surface area contributed by atoms with Gasteiger partial charge in [-0.2, -0.15) is 13.2 Å². The van der Waals surface area contributed by atoms with E-state index in [0.717, 1.165) is 5.01 Å².